The highest BCUT2D eigenvalue weighted by molar-refractivity contribution is 5.80. The van der Waals surface area contributed by atoms with E-state index in [0.29, 0.717) is 5.95 Å². The third kappa shape index (κ3) is 2.30. The van der Waals surface area contributed by atoms with Gasteiger partial charge in [0.2, 0.25) is 5.95 Å². The average Bonchev–Trinajstić information content (AvgIpc) is 2.48. The van der Waals surface area contributed by atoms with E-state index in [1.807, 2.05) is 24.3 Å². The molecule has 3 aromatic heterocycles. The molecule has 0 aliphatic carbocycles. The number of nitrogen functional groups attached to an aromatic ring is 1. The Kier molecular flexibility index (Phi) is 3.25. The van der Waals surface area contributed by atoms with Crippen LogP contribution in [0.5, 0.6) is 0 Å². The van der Waals surface area contributed by atoms with Gasteiger partial charge in [-0.05, 0) is 30.7 Å². The highest BCUT2D eigenvalue weighted by Crippen LogP contribution is 2.22. The van der Waals surface area contributed by atoms with E-state index in [-0.39, 0.29) is 0 Å². The molecule has 100 valence electrons. The Morgan fingerprint density at radius 2 is 1.80 bits per heavy atom. The number of aromatic nitrogens is 4. The van der Waals surface area contributed by atoms with Crippen molar-refractivity contribution in [3.8, 4) is 11.3 Å². The summed E-state index contributed by atoms with van der Waals surface area (Å²) in [4.78, 5) is 17.3. The van der Waals surface area contributed by atoms with Crippen LogP contribution in [0.1, 0.15) is 19.0 Å². The van der Waals surface area contributed by atoms with Crippen LogP contribution >= 0.6 is 0 Å². The number of nitrogens with two attached hydrogens (primary N) is 1. The first-order valence-corrected chi connectivity index (χ1v) is 6.61. The predicted octanol–water partition coefficient (Wildman–Crippen LogP) is 2.62. The molecule has 20 heavy (non-hydrogen) atoms. The van der Waals surface area contributed by atoms with Crippen molar-refractivity contribution in [3.63, 3.8) is 0 Å². The molecule has 0 saturated heterocycles. The average molecular weight is 265 g/mol. The van der Waals surface area contributed by atoms with Crippen molar-refractivity contribution < 1.29 is 0 Å². The van der Waals surface area contributed by atoms with Gasteiger partial charge in [-0.15, -0.1) is 0 Å². The van der Waals surface area contributed by atoms with E-state index in [9.17, 15) is 0 Å². The summed E-state index contributed by atoms with van der Waals surface area (Å²) in [6.45, 7) is 2.11. The highest BCUT2D eigenvalue weighted by Gasteiger charge is 2.09. The van der Waals surface area contributed by atoms with Crippen molar-refractivity contribution in [1.82, 2.24) is 19.9 Å². The molecule has 0 aromatic carbocycles. The Bertz CT molecular complexity index is 740. The van der Waals surface area contributed by atoms with Gasteiger partial charge in [0, 0.05) is 18.0 Å². The zero-order chi connectivity index (χ0) is 13.9. The third-order valence-corrected chi connectivity index (χ3v) is 3.09. The largest absolute Gasteiger partial charge is 0.368 e. The number of fused-ring (bicyclic) bond motifs is 1. The molecule has 0 bridgehead atoms. The quantitative estimate of drug-likeness (QED) is 0.787. The van der Waals surface area contributed by atoms with E-state index < -0.39 is 0 Å². The number of anilines is 1. The summed E-state index contributed by atoms with van der Waals surface area (Å²) in [7, 11) is 0. The fourth-order valence-corrected chi connectivity index (χ4v) is 2.19. The summed E-state index contributed by atoms with van der Waals surface area (Å²) in [5, 5.41) is 0. The first-order chi connectivity index (χ1) is 9.78. The van der Waals surface area contributed by atoms with Crippen LogP contribution in [-0.4, -0.2) is 19.9 Å². The van der Waals surface area contributed by atoms with Crippen molar-refractivity contribution in [1.29, 1.82) is 0 Å². The first kappa shape index (κ1) is 12.5. The van der Waals surface area contributed by atoms with E-state index in [1.165, 1.54) is 0 Å². The van der Waals surface area contributed by atoms with Gasteiger partial charge < -0.3 is 5.73 Å². The molecule has 3 aromatic rings. The van der Waals surface area contributed by atoms with Crippen LogP contribution in [0.25, 0.3) is 22.3 Å². The van der Waals surface area contributed by atoms with Gasteiger partial charge in [-0.3, -0.25) is 4.98 Å². The number of pyridine rings is 2. The Morgan fingerprint density at radius 1 is 1.00 bits per heavy atom. The van der Waals surface area contributed by atoms with Gasteiger partial charge in [0.05, 0.1) is 16.9 Å². The molecule has 0 unspecified atom stereocenters. The molecule has 0 amide bonds. The van der Waals surface area contributed by atoms with Gasteiger partial charge in [-0.2, -0.15) is 0 Å². The van der Waals surface area contributed by atoms with Crippen LogP contribution in [0.15, 0.2) is 36.7 Å². The lowest BCUT2D eigenvalue weighted by Crippen LogP contribution is -2.02. The van der Waals surface area contributed by atoms with E-state index >= 15 is 0 Å². The highest BCUT2D eigenvalue weighted by atomic mass is 15.0. The van der Waals surface area contributed by atoms with E-state index in [4.69, 9.17) is 10.7 Å². The van der Waals surface area contributed by atoms with Crippen molar-refractivity contribution in [2.75, 3.05) is 5.73 Å². The number of hydrogen-bond donors (Lipinski definition) is 1. The van der Waals surface area contributed by atoms with Crippen LogP contribution in [-0.2, 0) is 6.42 Å². The summed E-state index contributed by atoms with van der Waals surface area (Å²) in [6, 6.07) is 7.76. The predicted molar refractivity (Wildman–Crippen MR) is 79.0 cm³/mol. The van der Waals surface area contributed by atoms with E-state index in [2.05, 4.69) is 21.9 Å². The molecule has 0 atom stereocenters. The Morgan fingerprint density at radius 3 is 2.55 bits per heavy atom. The van der Waals surface area contributed by atoms with Crippen molar-refractivity contribution in [2.45, 2.75) is 19.8 Å². The smallest absolute Gasteiger partial charge is 0.220 e. The van der Waals surface area contributed by atoms with Gasteiger partial charge >= 0.3 is 0 Å². The fourth-order valence-electron chi connectivity index (χ4n) is 2.19. The van der Waals surface area contributed by atoms with Crippen LogP contribution < -0.4 is 5.73 Å². The number of rotatable bonds is 3. The molecular weight excluding hydrogens is 250 g/mol. The molecule has 0 spiro atoms. The monoisotopic (exact) mass is 265 g/mol. The molecule has 3 heterocycles. The minimum Gasteiger partial charge on any atom is -0.368 e. The van der Waals surface area contributed by atoms with Gasteiger partial charge in [0.1, 0.15) is 5.52 Å². The lowest BCUT2D eigenvalue weighted by molar-refractivity contribution is 0.885. The zero-order valence-corrected chi connectivity index (χ0v) is 11.2. The Balaban J connectivity index is 2.19. The zero-order valence-electron chi connectivity index (χ0n) is 11.2. The second kappa shape index (κ2) is 5.21. The summed E-state index contributed by atoms with van der Waals surface area (Å²) in [5.41, 5.74) is 10.2. The first-order valence-electron chi connectivity index (χ1n) is 6.61. The summed E-state index contributed by atoms with van der Waals surface area (Å²) >= 11 is 0. The van der Waals surface area contributed by atoms with Gasteiger partial charge in [-0.25, -0.2) is 15.0 Å². The number of nitrogens with zero attached hydrogens (tertiary/aromatic N) is 4. The van der Waals surface area contributed by atoms with Gasteiger partial charge in [0.15, 0.2) is 0 Å². The maximum absolute atomic E-state index is 5.75. The summed E-state index contributed by atoms with van der Waals surface area (Å²) < 4.78 is 0. The van der Waals surface area contributed by atoms with Crippen LogP contribution in [0.4, 0.5) is 5.95 Å². The normalized spacial score (nSPS) is 10.8. The Labute approximate surface area is 116 Å². The number of aryl methyl sites for hydroxylation is 1. The maximum Gasteiger partial charge on any atom is 0.220 e. The molecular formula is C15H15N5. The SMILES string of the molecule is CCCc1nc(N)nc2ccc(-c3ccncc3)nc12. The van der Waals surface area contributed by atoms with Gasteiger partial charge in [0.25, 0.3) is 0 Å². The second-order valence-electron chi connectivity index (χ2n) is 4.58. The number of hydrogen-bond acceptors (Lipinski definition) is 5. The molecule has 0 saturated carbocycles. The molecule has 3 rings (SSSR count). The molecule has 0 fully saturated rings. The molecule has 2 N–H and O–H groups in total. The van der Waals surface area contributed by atoms with Crippen LogP contribution in [0.2, 0.25) is 0 Å². The molecule has 0 radical (unpaired) electrons. The van der Waals surface area contributed by atoms with Crippen molar-refractivity contribution in [2.24, 2.45) is 0 Å². The summed E-state index contributed by atoms with van der Waals surface area (Å²) in [5.74, 6) is 0.305. The molecule has 5 heteroatoms. The molecule has 0 aliphatic heterocycles. The second-order valence-corrected chi connectivity index (χ2v) is 4.58. The maximum atomic E-state index is 5.75. The minimum atomic E-state index is 0.305. The summed E-state index contributed by atoms with van der Waals surface area (Å²) in [6.07, 6.45) is 5.35. The lowest BCUT2D eigenvalue weighted by atomic mass is 10.1. The van der Waals surface area contributed by atoms with Crippen molar-refractivity contribution in [3.05, 3.63) is 42.4 Å². The standard InChI is InChI=1S/C15H15N5/c1-2-3-12-14-13(20-15(16)19-12)5-4-11(18-14)10-6-8-17-9-7-10/h4-9H,2-3H2,1H3,(H2,16,19,20). The van der Waals surface area contributed by atoms with E-state index in [0.717, 1.165) is 40.8 Å². The fraction of sp³-hybridized carbons (Fsp3) is 0.200. The lowest BCUT2D eigenvalue weighted by Gasteiger charge is -2.07. The Hall–Kier alpha value is -2.56. The van der Waals surface area contributed by atoms with Crippen LogP contribution in [0.3, 0.4) is 0 Å². The minimum absolute atomic E-state index is 0.305. The van der Waals surface area contributed by atoms with Gasteiger partial charge in [-0.1, -0.05) is 13.3 Å². The van der Waals surface area contributed by atoms with Crippen LogP contribution in [0, 0.1) is 0 Å². The molecule has 0 aliphatic rings. The molecule has 5 nitrogen and oxygen atoms in total. The topological polar surface area (TPSA) is 77.6 Å². The van der Waals surface area contributed by atoms with E-state index in [1.54, 1.807) is 12.4 Å². The third-order valence-electron chi connectivity index (χ3n) is 3.09. The van der Waals surface area contributed by atoms with Crippen molar-refractivity contribution >= 4 is 17.0 Å².